The van der Waals surface area contributed by atoms with Gasteiger partial charge in [-0.15, -0.1) is 0 Å². The van der Waals surface area contributed by atoms with Gasteiger partial charge in [0.15, 0.2) is 0 Å². The number of fused-ring (bicyclic) bond motifs is 1. The number of benzene rings is 3. The zero-order valence-corrected chi connectivity index (χ0v) is 46.0. The fourth-order valence-electron chi connectivity index (χ4n) is 8.34. The van der Waals surface area contributed by atoms with Crippen LogP contribution in [0.4, 0.5) is 0 Å². The Labute approximate surface area is 463 Å². The van der Waals surface area contributed by atoms with Crippen molar-refractivity contribution in [2.24, 2.45) is 17.4 Å². The highest BCUT2D eigenvalue weighted by atomic mass is 35.5. The second kappa shape index (κ2) is 28.8. The first-order valence-corrected chi connectivity index (χ1v) is 27.9. The molecule has 8 atom stereocenters. The molecule has 0 saturated carbocycles. The van der Waals surface area contributed by atoms with E-state index in [0.29, 0.717) is 29.5 Å². The third-order valence-electron chi connectivity index (χ3n) is 12.6. The van der Waals surface area contributed by atoms with Crippen LogP contribution in [0.15, 0.2) is 79.0 Å². The molecule has 2 heterocycles. The van der Waals surface area contributed by atoms with Crippen LogP contribution in [0.5, 0.6) is 0 Å². The van der Waals surface area contributed by atoms with Crippen LogP contribution in [0.2, 0.25) is 10.0 Å². The van der Waals surface area contributed by atoms with Gasteiger partial charge in [-0.1, -0.05) is 113 Å². The van der Waals surface area contributed by atoms with Gasteiger partial charge < -0.3 is 63.9 Å². The largest absolute Gasteiger partial charge is 0.481 e. The summed E-state index contributed by atoms with van der Waals surface area (Å²) in [7, 11) is 1.91. The molecule has 1 saturated heterocycles. The second-order valence-electron chi connectivity index (χ2n) is 19.5. The van der Waals surface area contributed by atoms with Crippen LogP contribution < -0.4 is 48.7 Å². The lowest BCUT2D eigenvalue weighted by Crippen LogP contribution is -2.63. The number of nitrogens with one attached hydrogen (secondary N) is 8. The van der Waals surface area contributed by atoms with Crippen molar-refractivity contribution in [3.05, 3.63) is 106 Å². The fraction of sp³-hybridized carbons (Fsp3) is 0.442. The van der Waals surface area contributed by atoms with Crippen molar-refractivity contribution >= 4 is 109 Å². The Balaban J connectivity index is 1.67. The molecule has 1 fully saturated rings. The maximum absolute atomic E-state index is 14.9. The first-order valence-electron chi connectivity index (χ1n) is 24.8. The molecule has 7 amide bonds. The lowest BCUT2D eigenvalue weighted by Gasteiger charge is -2.35. The van der Waals surface area contributed by atoms with E-state index in [1.807, 2.05) is 18.2 Å². The second-order valence-corrected chi connectivity index (χ2v) is 23.3. The number of unbranched alkanes of at least 4 members (excludes halogenated alkanes) is 1. The Morgan fingerprint density at radius 1 is 0.740 bits per heavy atom. The zero-order valence-electron chi connectivity index (χ0n) is 42.9. The number of carboxylic acids is 2. The van der Waals surface area contributed by atoms with Crippen molar-refractivity contribution in [3.8, 4) is 0 Å². The van der Waals surface area contributed by atoms with Crippen LogP contribution in [0.3, 0.4) is 0 Å². The number of nitrogens with two attached hydrogens (primary N) is 2. The van der Waals surface area contributed by atoms with E-state index in [-0.39, 0.29) is 48.0 Å². The normalized spacial score (nSPS) is 21.8. The zero-order chi connectivity index (χ0) is 56.6. The van der Waals surface area contributed by atoms with E-state index < -0.39 is 119 Å². The van der Waals surface area contributed by atoms with Gasteiger partial charge in [0.2, 0.25) is 41.4 Å². The molecule has 0 radical (unpaired) electrons. The lowest BCUT2D eigenvalue weighted by molar-refractivity contribution is -0.143. The highest BCUT2D eigenvalue weighted by molar-refractivity contribution is 8.77. The summed E-state index contributed by atoms with van der Waals surface area (Å²) in [6.45, 7) is 6.50. The highest BCUT2D eigenvalue weighted by Crippen LogP contribution is 2.39. The van der Waals surface area contributed by atoms with Crippen LogP contribution in [0.1, 0.15) is 70.1 Å². The molecule has 0 unspecified atom stereocenters. The van der Waals surface area contributed by atoms with Crippen LogP contribution >= 0.6 is 44.8 Å². The molecule has 4 aromatic rings. The van der Waals surface area contributed by atoms with Crippen LogP contribution in [0.25, 0.3) is 10.9 Å². The van der Waals surface area contributed by atoms with E-state index in [2.05, 4.69) is 42.2 Å². The quantitative estimate of drug-likeness (QED) is 0.0504. The number of para-hydroxylation sites is 1. The molecule has 1 aromatic heterocycles. The van der Waals surface area contributed by atoms with Crippen molar-refractivity contribution < 1.29 is 53.4 Å². The number of rotatable bonds is 18. The molecule has 416 valence electrons. The number of aliphatic carboxylic acids is 2. The number of carboxylic acid groups (broad SMARTS) is 2. The third-order valence-corrected chi connectivity index (χ3v) is 16.7. The molecule has 0 bridgehead atoms. The van der Waals surface area contributed by atoms with E-state index in [0.717, 1.165) is 32.5 Å². The highest BCUT2D eigenvalue weighted by Gasteiger charge is 2.42. The molecule has 1 aliphatic rings. The van der Waals surface area contributed by atoms with Gasteiger partial charge in [-0.2, -0.15) is 0 Å². The van der Waals surface area contributed by atoms with Crippen molar-refractivity contribution in [2.45, 2.75) is 126 Å². The summed E-state index contributed by atoms with van der Waals surface area (Å²) in [5.74, 6) is -9.89. The number of halogens is 2. The van der Waals surface area contributed by atoms with Gasteiger partial charge in [0.25, 0.3) is 0 Å². The Kier molecular flexibility index (Phi) is 23.0. The van der Waals surface area contributed by atoms with Crippen molar-refractivity contribution in [2.75, 3.05) is 12.3 Å². The van der Waals surface area contributed by atoms with E-state index in [1.165, 1.54) is 12.1 Å². The van der Waals surface area contributed by atoms with E-state index in [9.17, 15) is 53.4 Å². The van der Waals surface area contributed by atoms with E-state index in [4.69, 9.17) is 34.7 Å². The number of H-pyrrole nitrogens is 1. The molecule has 25 heteroatoms. The summed E-state index contributed by atoms with van der Waals surface area (Å²) in [4.78, 5) is 129. The predicted molar refractivity (Wildman–Crippen MR) is 296 cm³/mol. The molecule has 77 heavy (non-hydrogen) atoms. The van der Waals surface area contributed by atoms with Gasteiger partial charge in [0, 0.05) is 46.9 Å². The van der Waals surface area contributed by atoms with Crippen molar-refractivity contribution in [3.63, 3.8) is 0 Å². The molecule has 0 aliphatic carbocycles. The molecular formula is C52H66Cl2N10O11S2. The number of aromatic amines is 1. The van der Waals surface area contributed by atoms with E-state index >= 15 is 0 Å². The van der Waals surface area contributed by atoms with Crippen molar-refractivity contribution in [1.29, 1.82) is 0 Å². The standard InChI is InChI=1S/C52H66Cl2N10O11S2/c1-27(2)42(51(74)75)63-49(72)40-26-76-77-52(3,4)43(64-44(67)34(56)24-41(65)66)50(73)61-37(21-28-12-6-5-7-13-28)46(69)60-39(23-30-25-57-35-15-9-8-14-31(30)35)48(71)58-36(16-10-11-19-55)45(68)59-38(47(70)62-40)22-29-17-18-32(53)33(54)20-29/h5-9,12-15,17-18,20,25,27,34,36-40,42-43,57H,10-11,16,19,21-24,26,55-56H2,1-4H3,(H,58,71)(H,59,68)(H,60,69)(H,61,73)(H,62,70)(H,63,72)(H,64,67)(H,65,66)(H,74,75)/t34-,36-,37-,38-,39-,40-,42-,43+/m0/s1. The minimum atomic E-state index is -1.62. The average molecular weight is 1140 g/mol. The summed E-state index contributed by atoms with van der Waals surface area (Å²) in [5.41, 5.74) is 14.2. The fourth-order valence-corrected chi connectivity index (χ4v) is 11.5. The molecular weight excluding hydrogens is 1080 g/mol. The van der Waals surface area contributed by atoms with Crippen molar-refractivity contribution in [1.82, 2.24) is 42.2 Å². The summed E-state index contributed by atoms with van der Waals surface area (Å²) in [6, 6.07) is 8.65. The Morgan fingerprint density at radius 3 is 1.95 bits per heavy atom. The minimum Gasteiger partial charge on any atom is -0.481 e. The molecule has 21 nitrogen and oxygen atoms in total. The summed E-state index contributed by atoms with van der Waals surface area (Å²) < 4.78 is -1.42. The minimum absolute atomic E-state index is 0.0139. The molecule has 1 aliphatic heterocycles. The first-order chi connectivity index (χ1) is 36.5. The van der Waals surface area contributed by atoms with Crippen LogP contribution in [-0.2, 0) is 62.4 Å². The Bertz CT molecular complexity index is 2770. The number of carbonyl (C=O) groups is 9. The van der Waals surface area contributed by atoms with Crippen LogP contribution in [0, 0.1) is 5.92 Å². The molecule has 14 N–H and O–H groups in total. The maximum atomic E-state index is 14.9. The number of aromatic nitrogens is 1. The smallest absolute Gasteiger partial charge is 0.326 e. The Morgan fingerprint density at radius 2 is 1.32 bits per heavy atom. The predicted octanol–water partition coefficient (Wildman–Crippen LogP) is 2.74. The van der Waals surface area contributed by atoms with Gasteiger partial charge in [-0.25, -0.2) is 4.79 Å². The summed E-state index contributed by atoms with van der Waals surface area (Å²) in [6.07, 6.45) is 1.18. The van der Waals surface area contributed by atoms with Gasteiger partial charge in [0.05, 0.1) is 22.5 Å². The molecule has 3 aromatic carbocycles. The first kappa shape index (κ1) is 61.5. The third kappa shape index (κ3) is 18.1. The van der Waals surface area contributed by atoms with E-state index in [1.54, 1.807) is 76.4 Å². The average Bonchev–Trinajstić information content (AvgIpc) is 3.78. The Hall–Kier alpha value is -6.37. The molecule has 0 spiro atoms. The monoisotopic (exact) mass is 1140 g/mol. The van der Waals surface area contributed by atoms with Gasteiger partial charge in [-0.3, -0.25) is 38.4 Å². The number of hydrogen-bond donors (Lipinski definition) is 12. The lowest BCUT2D eigenvalue weighted by atomic mass is 9.98. The summed E-state index contributed by atoms with van der Waals surface area (Å²) >= 11 is 12.6. The topological polar surface area (TPSA) is 346 Å². The number of amides is 7. The summed E-state index contributed by atoms with van der Waals surface area (Å²) in [5, 5.41) is 39.5. The maximum Gasteiger partial charge on any atom is 0.326 e. The molecule has 5 rings (SSSR count). The number of carbonyl (C=O) groups excluding carboxylic acids is 7. The van der Waals surface area contributed by atoms with Gasteiger partial charge >= 0.3 is 11.9 Å². The SMILES string of the molecule is CC(C)[C@H](NC(=O)[C@@H]1CSSC(C)(C)[C@H](NC(=O)[C@@H](N)CC(=O)O)C(=O)N[C@@H](Cc2ccccc2)C(=O)N[C@@H](Cc2c[nH]c3ccccc23)C(=O)N[C@@H](CCCCN)C(=O)N[C@@H](Cc2ccc(Cl)c(Cl)c2)C(=O)N1)C(=O)O. The van der Waals surface area contributed by atoms with Gasteiger partial charge in [-0.05, 0) is 80.5 Å². The number of hydrogen-bond acceptors (Lipinski definition) is 13. The van der Waals surface area contributed by atoms with Gasteiger partial charge in [0.1, 0.15) is 42.3 Å². The van der Waals surface area contributed by atoms with Crippen LogP contribution in [-0.4, -0.2) is 134 Å².